The van der Waals surface area contributed by atoms with Crippen LogP contribution in [0.5, 0.6) is 0 Å². The van der Waals surface area contributed by atoms with E-state index in [1.54, 1.807) is 0 Å². The Bertz CT molecular complexity index is 750. The lowest BCUT2D eigenvalue weighted by Gasteiger charge is -2.36. The fourth-order valence-electron chi connectivity index (χ4n) is 3.57. The monoisotopic (exact) mass is 385 g/mol. The van der Waals surface area contributed by atoms with Gasteiger partial charge in [0, 0.05) is 62.1 Å². The predicted octanol–water partition coefficient (Wildman–Crippen LogP) is 4.14. The maximum atomic E-state index is 12.6. The second-order valence-electron chi connectivity index (χ2n) is 6.92. The van der Waals surface area contributed by atoms with E-state index in [1.807, 2.05) is 49.1 Å². The predicted molar refractivity (Wildman–Crippen MR) is 113 cm³/mol. The fourth-order valence-corrected chi connectivity index (χ4v) is 3.70. The second-order valence-corrected chi connectivity index (χ2v) is 7.35. The summed E-state index contributed by atoms with van der Waals surface area (Å²) in [6, 6.07) is 16.1. The summed E-state index contributed by atoms with van der Waals surface area (Å²) in [6.45, 7) is 10.4. The number of nitrogens with zero attached hydrogens (tertiary/aromatic N) is 3. The zero-order chi connectivity index (χ0) is 19.2. The number of hydrogen-bond donors (Lipinski definition) is 0. The third-order valence-corrected chi connectivity index (χ3v) is 5.45. The van der Waals surface area contributed by atoms with Gasteiger partial charge in [-0.25, -0.2) is 0 Å². The molecule has 2 aromatic carbocycles. The van der Waals surface area contributed by atoms with Gasteiger partial charge in [-0.1, -0.05) is 23.7 Å². The molecule has 0 saturated carbocycles. The third-order valence-electron chi connectivity index (χ3n) is 5.19. The molecule has 4 nitrogen and oxygen atoms in total. The standard InChI is InChI=1S/C22H28ClN3O/c1-3-25(4-2)22(27)19-7-5-6-18(16-19)17-24-12-14-26(15-13-24)21-10-8-20(23)9-11-21/h5-11,16H,3-4,12-15,17H2,1-2H3. The molecule has 0 aliphatic carbocycles. The topological polar surface area (TPSA) is 26.8 Å². The lowest BCUT2D eigenvalue weighted by atomic mass is 10.1. The van der Waals surface area contributed by atoms with Gasteiger partial charge >= 0.3 is 0 Å². The molecule has 0 unspecified atom stereocenters. The fraction of sp³-hybridized carbons (Fsp3) is 0.409. The van der Waals surface area contributed by atoms with Crippen molar-refractivity contribution in [3.8, 4) is 0 Å². The molecule has 1 fully saturated rings. The summed E-state index contributed by atoms with van der Waals surface area (Å²) in [6.07, 6.45) is 0. The van der Waals surface area contributed by atoms with Crippen LogP contribution in [0.3, 0.4) is 0 Å². The molecular formula is C22H28ClN3O. The van der Waals surface area contributed by atoms with Gasteiger partial charge in [0.25, 0.3) is 5.91 Å². The van der Waals surface area contributed by atoms with Crippen LogP contribution in [0.25, 0.3) is 0 Å². The van der Waals surface area contributed by atoms with Crippen LogP contribution in [0, 0.1) is 0 Å². The van der Waals surface area contributed by atoms with E-state index in [2.05, 4.69) is 28.0 Å². The summed E-state index contributed by atoms with van der Waals surface area (Å²) in [5.74, 6) is 0.120. The molecule has 144 valence electrons. The number of hydrogen-bond acceptors (Lipinski definition) is 3. The van der Waals surface area contributed by atoms with Gasteiger partial charge in [0.15, 0.2) is 0 Å². The molecule has 3 rings (SSSR count). The molecule has 0 bridgehead atoms. The molecule has 0 N–H and O–H groups in total. The number of anilines is 1. The Hall–Kier alpha value is -2.04. The van der Waals surface area contributed by atoms with E-state index >= 15 is 0 Å². The maximum absolute atomic E-state index is 12.6. The molecule has 1 aliphatic heterocycles. The molecular weight excluding hydrogens is 358 g/mol. The Morgan fingerprint density at radius 3 is 2.30 bits per heavy atom. The highest BCUT2D eigenvalue weighted by Crippen LogP contribution is 2.20. The van der Waals surface area contributed by atoms with Gasteiger partial charge in [0.1, 0.15) is 0 Å². The van der Waals surface area contributed by atoms with Gasteiger partial charge in [0.2, 0.25) is 0 Å². The van der Waals surface area contributed by atoms with Gasteiger partial charge in [-0.2, -0.15) is 0 Å². The molecule has 0 radical (unpaired) electrons. The Kier molecular flexibility index (Phi) is 6.75. The van der Waals surface area contributed by atoms with Crippen LogP contribution in [-0.2, 0) is 6.54 Å². The first-order chi connectivity index (χ1) is 13.1. The van der Waals surface area contributed by atoms with Crippen molar-refractivity contribution in [3.05, 3.63) is 64.7 Å². The molecule has 27 heavy (non-hydrogen) atoms. The summed E-state index contributed by atoms with van der Waals surface area (Å²) in [5, 5.41) is 0.775. The van der Waals surface area contributed by atoms with Crippen LogP contribution in [0.2, 0.25) is 5.02 Å². The van der Waals surface area contributed by atoms with Crippen molar-refractivity contribution in [2.45, 2.75) is 20.4 Å². The Labute approximate surface area is 167 Å². The third kappa shape index (κ3) is 5.02. The van der Waals surface area contributed by atoms with Crippen LogP contribution in [0.1, 0.15) is 29.8 Å². The molecule has 1 aliphatic rings. The van der Waals surface area contributed by atoms with E-state index in [1.165, 1.54) is 11.3 Å². The zero-order valence-electron chi connectivity index (χ0n) is 16.2. The lowest BCUT2D eigenvalue weighted by Crippen LogP contribution is -2.46. The quantitative estimate of drug-likeness (QED) is 0.747. The van der Waals surface area contributed by atoms with E-state index in [-0.39, 0.29) is 5.91 Å². The first-order valence-electron chi connectivity index (χ1n) is 9.71. The van der Waals surface area contributed by atoms with Gasteiger partial charge < -0.3 is 9.80 Å². The Morgan fingerprint density at radius 1 is 1.00 bits per heavy atom. The summed E-state index contributed by atoms with van der Waals surface area (Å²) in [5.41, 5.74) is 3.22. The van der Waals surface area contributed by atoms with Crippen molar-refractivity contribution in [1.82, 2.24) is 9.80 Å². The number of rotatable bonds is 6. The number of carbonyl (C=O) groups excluding carboxylic acids is 1. The van der Waals surface area contributed by atoms with Crippen LogP contribution < -0.4 is 4.90 Å². The van der Waals surface area contributed by atoms with Crippen LogP contribution in [0.15, 0.2) is 48.5 Å². The summed E-state index contributed by atoms with van der Waals surface area (Å²) >= 11 is 5.98. The van der Waals surface area contributed by atoms with Crippen molar-refractivity contribution in [3.63, 3.8) is 0 Å². The smallest absolute Gasteiger partial charge is 0.253 e. The number of halogens is 1. The molecule has 0 atom stereocenters. The number of piperazine rings is 1. The number of amides is 1. The molecule has 1 saturated heterocycles. The Balaban J connectivity index is 1.58. The SMILES string of the molecule is CCN(CC)C(=O)c1cccc(CN2CCN(c3ccc(Cl)cc3)CC2)c1. The minimum absolute atomic E-state index is 0.120. The van der Waals surface area contributed by atoms with E-state index < -0.39 is 0 Å². The highest BCUT2D eigenvalue weighted by molar-refractivity contribution is 6.30. The Morgan fingerprint density at radius 2 is 1.67 bits per heavy atom. The minimum atomic E-state index is 0.120. The number of benzene rings is 2. The molecule has 1 heterocycles. The van der Waals surface area contributed by atoms with Crippen molar-refractivity contribution < 1.29 is 4.79 Å². The van der Waals surface area contributed by atoms with E-state index in [9.17, 15) is 4.79 Å². The van der Waals surface area contributed by atoms with Crippen LogP contribution in [0.4, 0.5) is 5.69 Å². The molecule has 2 aromatic rings. The largest absolute Gasteiger partial charge is 0.369 e. The van der Waals surface area contributed by atoms with Crippen molar-refractivity contribution in [2.24, 2.45) is 0 Å². The summed E-state index contributed by atoms with van der Waals surface area (Å²) in [4.78, 5) is 19.3. The molecule has 0 spiro atoms. The molecule has 0 aromatic heterocycles. The average molecular weight is 386 g/mol. The summed E-state index contributed by atoms with van der Waals surface area (Å²) in [7, 11) is 0. The second kappa shape index (κ2) is 9.25. The number of carbonyl (C=O) groups is 1. The highest BCUT2D eigenvalue weighted by atomic mass is 35.5. The zero-order valence-corrected chi connectivity index (χ0v) is 17.0. The summed E-state index contributed by atoms with van der Waals surface area (Å²) < 4.78 is 0. The lowest BCUT2D eigenvalue weighted by molar-refractivity contribution is 0.0773. The van der Waals surface area contributed by atoms with Gasteiger partial charge in [0.05, 0.1) is 0 Å². The molecule has 1 amide bonds. The van der Waals surface area contributed by atoms with Crippen molar-refractivity contribution in [1.29, 1.82) is 0 Å². The van der Waals surface area contributed by atoms with Crippen molar-refractivity contribution >= 4 is 23.2 Å². The maximum Gasteiger partial charge on any atom is 0.253 e. The first kappa shape index (κ1) is 19.7. The van der Waals surface area contributed by atoms with Gasteiger partial charge in [-0.05, 0) is 55.8 Å². The van der Waals surface area contributed by atoms with E-state index in [0.29, 0.717) is 0 Å². The van der Waals surface area contributed by atoms with Crippen LogP contribution >= 0.6 is 11.6 Å². The average Bonchev–Trinajstić information content (AvgIpc) is 2.70. The molecule has 5 heteroatoms. The van der Waals surface area contributed by atoms with Crippen molar-refractivity contribution in [2.75, 3.05) is 44.2 Å². The first-order valence-corrected chi connectivity index (χ1v) is 10.1. The highest BCUT2D eigenvalue weighted by Gasteiger charge is 2.18. The van der Waals surface area contributed by atoms with Gasteiger partial charge in [-0.15, -0.1) is 0 Å². The normalized spacial score (nSPS) is 15.0. The van der Waals surface area contributed by atoms with E-state index in [0.717, 1.165) is 56.4 Å². The van der Waals surface area contributed by atoms with Gasteiger partial charge in [-0.3, -0.25) is 9.69 Å². The van der Waals surface area contributed by atoms with E-state index in [4.69, 9.17) is 11.6 Å². The minimum Gasteiger partial charge on any atom is -0.369 e. The van der Waals surface area contributed by atoms with Crippen LogP contribution in [-0.4, -0.2) is 55.0 Å².